The van der Waals surface area contributed by atoms with Crippen molar-refractivity contribution in [3.05, 3.63) is 12.5 Å². The van der Waals surface area contributed by atoms with Gasteiger partial charge in [0, 0.05) is 5.27 Å². The Hall–Kier alpha value is -0.610. The van der Waals surface area contributed by atoms with Gasteiger partial charge >= 0.3 is 4.70 Å². The first kappa shape index (κ1) is 8.39. The first-order valence-corrected chi connectivity index (χ1v) is 2.55. The normalized spacial score (nSPS) is 7.33. The number of aromatic nitrogens is 2. The molecule has 9 heavy (non-hydrogen) atoms. The van der Waals surface area contributed by atoms with Crippen molar-refractivity contribution in [2.45, 2.75) is 0 Å². The highest BCUT2D eigenvalue weighted by atomic mass is 35.5. The van der Waals surface area contributed by atoms with Crippen molar-refractivity contribution >= 4 is 27.9 Å². The van der Waals surface area contributed by atoms with E-state index in [-0.39, 0.29) is 0 Å². The minimum Gasteiger partial charge on any atom is -0.346 e. The first-order valence-electron chi connectivity index (χ1n) is 1.79. The van der Waals surface area contributed by atoms with E-state index in [0.717, 1.165) is 0 Å². The Morgan fingerprint density at radius 2 is 2.11 bits per heavy atom. The van der Waals surface area contributed by atoms with E-state index in [4.69, 9.17) is 4.79 Å². The quantitative estimate of drug-likeness (QED) is 0.554. The van der Waals surface area contributed by atoms with Crippen molar-refractivity contribution in [3.8, 4) is 0 Å². The molecule has 0 aliphatic rings. The highest BCUT2D eigenvalue weighted by molar-refractivity contribution is 6.93. The van der Waals surface area contributed by atoms with E-state index in [1.165, 1.54) is 12.5 Å². The minimum atomic E-state index is -0.889. The second-order valence-corrected chi connectivity index (χ2v) is 1.69. The van der Waals surface area contributed by atoms with Gasteiger partial charge < -0.3 is 4.52 Å². The average molecular weight is 169 g/mol. The van der Waals surface area contributed by atoms with E-state index in [0.29, 0.717) is 0 Å². The topological polar surface area (TPSA) is 56.0 Å². The smallest absolute Gasteiger partial charge is 0.313 e. The summed E-state index contributed by atoms with van der Waals surface area (Å²) in [5.74, 6) is 0. The maximum atomic E-state index is 8.98. The van der Waals surface area contributed by atoms with Crippen LogP contribution in [0.1, 0.15) is 0 Å². The standard InChI is InChI=1S/C2H2N2O.CCl2O/c1-2-5-4-3-1;2-1(3)4/h1-2H;. The lowest BCUT2D eigenvalue weighted by atomic mass is 11.0. The predicted octanol–water partition coefficient (Wildman–Crippen LogP) is 1.65. The Bertz CT molecular complexity index is 132. The minimum absolute atomic E-state index is 0.889. The molecule has 0 unspecified atom stereocenters. The van der Waals surface area contributed by atoms with Gasteiger partial charge in [0.05, 0.1) is 6.20 Å². The fourth-order valence-electron chi connectivity index (χ4n) is 0.136. The molecule has 4 nitrogen and oxygen atoms in total. The number of hydrogen-bond donors (Lipinski definition) is 0. The van der Waals surface area contributed by atoms with Crippen molar-refractivity contribution in [3.63, 3.8) is 0 Å². The third-order valence-corrected chi connectivity index (χ3v) is 0.283. The summed E-state index contributed by atoms with van der Waals surface area (Å²) in [6, 6.07) is 0. The number of carbonyl (C=O) groups excluding carboxylic acids is 1. The van der Waals surface area contributed by atoms with Gasteiger partial charge in [-0.05, 0) is 23.2 Å². The van der Waals surface area contributed by atoms with Crippen molar-refractivity contribution < 1.29 is 9.32 Å². The van der Waals surface area contributed by atoms with Crippen LogP contribution in [0.25, 0.3) is 0 Å². The van der Waals surface area contributed by atoms with Gasteiger partial charge in [0.2, 0.25) is 0 Å². The second-order valence-electron chi connectivity index (χ2n) is 0.813. The van der Waals surface area contributed by atoms with Gasteiger partial charge in [-0.2, -0.15) is 0 Å². The van der Waals surface area contributed by atoms with Crippen LogP contribution in [0, 0.1) is 0 Å². The second kappa shape index (κ2) is 5.53. The molecule has 0 aromatic carbocycles. The molecule has 0 spiro atoms. The lowest BCUT2D eigenvalue weighted by molar-refractivity contribution is 0.275. The van der Waals surface area contributed by atoms with Crippen molar-refractivity contribution in [1.29, 1.82) is 0 Å². The number of halogens is 2. The Balaban J connectivity index is 0.000000148. The molecule has 0 amide bonds. The van der Waals surface area contributed by atoms with Crippen molar-refractivity contribution in [1.82, 2.24) is 10.4 Å². The number of hydrogen-bond acceptors (Lipinski definition) is 4. The Morgan fingerprint density at radius 3 is 2.22 bits per heavy atom. The number of nitrogens with zero attached hydrogens (tertiary/aromatic N) is 2. The van der Waals surface area contributed by atoms with Crippen LogP contribution >= 0.6 is 23.2 Å². The Morgan fingerprint density at radius 1 is 1.56 bits per heavy atom. The van der Waals surface area contributed by atoms with Crippen LogP contribution in [0.15, 0.2) is 17.0 Å². The summed E-state index contributed by atoms with van der Waals surface area (Å²) in [4.78, 5) is 8.98. The van der Waals surface area contributed by atoms with Gasteiger partial charge in [-0.15, -0.1) is 5.10 Å². The van der Waals surface area contributed by atoms with Gasteiger partial charge in [-0.25, -0.2) is 0 Å². The zero-order valence-electron chi connectivity index (χ0n) is 4.12. The number of carbonyl (C=O) groups is 1. The van der Waals surface area contributed by atoms with E-state index in [1.807, 2.05) is 0 Å². The third-order valence-electron chi connectivity index (χ3n) is 0.283. The number of rotatable bonds is 0. The molecule has 1 aromatic rings. The molecule has 0 N–H and O–H groups in total. The lowest BCUT2D eigenvalue weighted by Crippen LogP contribution is -1.53. The van der Waals surface area contributed by atoms with Gasteiger partial charge in [0.25, 0.3) is 0 Å². The van der Waals surface area contributed by atoms with Crippen molar-refractivity contribution in [2.75, 3.05) is 0 Å². The molecule has 0 radical (unpaired) electrons. The van der Waals surface area contributed by atoms with Crippen LogP contribution in [0.4, 0.5) is 4.79 Å². The molecule has 1 aromatic heterocycles. The maximum absolute atomic E-state index is 8.98. The molecule has 50 valence electrons. The average Bonchev–Trinajstić information content (AvgIpc) is 2.11. The SMILES string of the molecule is O=C(Cl)Cl.c1conn1. The van der Waals surface area contributed by atoms with Gasteiger partial charge in [-0.3, -0.25) is 4.79 Å². The third kappa shape index (κ3) is 11.1. The van der Waals surface area contributed by atoms with Crippen LogP contribution < -0.4 is 0 Å². The van der Waals surface area contributed by atoms with E-state index >= 15 is 0 Å². The molecule has 0 aliphatic carbocycles. The summed E-state index contributed by atoms with van der Waals surface area (Å²) in [5.41, 5.74) is 0. The molecule has 1 heterocycles. The maximum Gasteiger partial charge on any atom is 0.313 e. The molecule has 0 atom stereocenters. The summed E-state index contributed by atoms with van der Waals surface area (Å²) in [5, 5.41) is 6.40. The fourth-order valence-corrected chi connectivity index (χ4v) is 0.136. The van der Waals surface area contributed by atoms with Crippen molar-refractivity contribution in [2.24, 2.45) is 0 Å². The Kier molecular flexibility index (Phi) is 5.15. The molecule has 0 saturated heterocycles. The van der Waals surface area contributed by atoms with Gasteiger partial charge in [-0.1, -0.05) is 0 Å². The fraction of sp³-hybridized carbons (Fsp3) is 0. The predicted molar refractivity (Wildman–Crippen MR) is 31.4 cm³/mol. The van der Waals surface area contributed by atoms with Crippen LogP contribution in [-0.4, -0.2) is 15.1 Å². The molecule has 1 rings (SSSR count). The van der Waals surface area contributed by atoms with Crippen LogP contribution in [0.2, 0.25) is 0 Å². The molecule has 0 saturated carbocycles. The zero-order valence-corrected chi connectivity index (χ0v) is 5.63. The van der Waals surface area contributed by atoms with Crippen LogP contribution in [-0.2, 0) is 0 Å². The highest BCUT2D eigenvalue weighted by Crippen LogP contribution is 1.84. The zero-order chi connectivity index (χ0) is 7.11. The molecule has 0 bridgehead atoms. The lowest BCUT2D eigenvalue weighted by Gasteiger charge is -1.48. The monoisotopic (exact) mass is 168 g/mol. The van der Waals surface area contributed by atoms with Crippen LogP contribution in [0.3, 0.4) is 0 Å². The molecular formula is C3H2Cl2N2O2. The van der Waals surface area contributed by atoms with E-state index < -0.39 is 4.70 Å². The van der Waals surface area contributed by atoms with Crippen LogP contribution in [0.5, 0.6) is 0 Å². The molecule has 0 fully saturated rings. The molecular weight excluding hydrogens is 167 g/mol. The van der Waals surface area contributed by atoms with E-state index in [2.05, 4.69) is 38.1 Å². The largest absolute Gasteiger partial charge is 0.346 e. The molecule has 0 aliphatic heterocycles. The van der Waals surface area contributed by atoms with E-state index in [1.54, 1.807) is 0 Å². The molecule has 6 heteroatoms. The highest BCUT2D eigenvalue weighted by Gasteiger charge is 1.72. The van der Waals surface area contributed by atoms with Gasteiger partial charge in [0.1, 0.15) is 6.26 Å². The summed E-state index contributed by atoms with van der Waals surface area (Å²) in [6.45, 7) is 0. The summed E-state index contributed by atoms with van der Waals surface area (Å²) >= 11 is 8.80. The first-order chi connectivity index (χ1) is 4.23. The summed E-state index contributed by atoms with van der Waals surface area (Å²) < 4.78 is 3.33. The Labute approximate surface area is 60.7 Å². The summed E-state index contributed by atoms with van der Waals surface area (Å²) in [7, 11) is 0. The van der Waals surface area contributed by atoms with E-state index in [9.17, 15) is 0 Å². The summed E-state index contributed by atoms with van der Waals surface area (Å²) in [6.07, 6.45) is 2.88. The van der Waals surface area contributed by atoms with Gasteiger partial charge in [0.15, 0.2) is 0 Å².